The lowest BCUT2D eigenvalue weighted by Crippen LogP contribution is -2.21. The van der Waals surface area contributed by atoms with Gasteiger partial charge in [-0.2, -0.15) is 0 Å². The minimum atomic E-state index is -0.190. The lowest BCUT2D eigenvalue weighted by molar-refractivity contribution is -0.117. The molecule has 28 heavy (non-hydrogen) atoms. The van der Waals surface area contributed by atoms with E-state index >= 15 is 0 Å². The lowest BCUT2D eigenvalue weighted by atomic mass is 9.94. The molecular weight excluding hydrogens is 372 g/mol. The van der Waals surface area contributed by atoms with E-state index in [1.165, 1.54) is 11.3 Å². The van der Waals surface area contributed by atoms with Crippen LogP contribution in [-0.4, -0.2) is 25.1 Å². The molecule has 0 aliphatic rings. The van der Waals surface area contributed by atoms with Crippen molar-refractivity contribution in [2.45, 2.75) is 25.7 Å². The molecule has 5 nitrogen and oxygen atoms in total. The predicted molar refractivity (Wildman–Crippen MR) is 113 cm³/mol. The average molecular weight is 397 g/mol. The number of carbonyl (C=O) groups excluding carboxylic acids is 1. The molecule has 2 aromatic carbocycles. The molecule has 0 spiro atoms. The topological polar surface area (TPSA) is 60.5 Å². The van der Waals surface area contributed by atoms with Gasteiger partial charge < -0.3 is 14.8 Å². The number of benzene rings is 2. The van der Waals surface area contributed by atoms with Gasteiger partial charge in [0.15, 0.2) is 5.13 Å². The summed E-state index contributed by atoms with van der Waals surface area (Å²) in [5.41, 5.74) is 2.59. The summed E-state index contributed by atoms with van der Waals surface area (Å²) in [5.74, 6) is 1.20. The normalized spacial score (nSPS) is 11.7. The molecule has 1 heterocycles. The molecule has 0 radical (unpaired) electrons. The maximum absolute atomic E-state index is 12.9. The quantitative estimate of drug-likeness (QED) is 0.558. The number of nitrogens with zero attached hydrogens (tertiary/aromatic N) is 1. The van der Waals surface area contributed by atoms with Crippen LogP contribution in [0.2, 0.25) is 0 Å². The van der Waals surface area contributed by atoms with Crippen LogP contribution in [0.15, 0.2) is 53.9 Å². The van der Waals surface area contributed by atoms with E-state index in [4.69, 9.17) is 9.47 Å². The molecule has 0 aliphatic carbocycles. The Morgan fingerprint density at radius 2 is 1.93 bits per heavy atom. The van der Waals surface area contributed by atoms with Crippen molar-refractivity contribution in [3.8, 4) is 22.8 Å². The molecular formula is C22H24N2O3S. The van der Waals surface area contributed by atoms with Gasteiger partial charge in [0.1, 0.15) is 11.5 Å². The molecule has 146 valence electrons. The second-order valence-electron chi connectivity index (χ2n) is 6.35. The maximum atomic E-state index is 12.9. The Hall–Kier alpha value is -2.86. The Kier molecular flexibility index (Phi) is 6.66. The van der Waals surface area contributed by atoms with Crippen LogP contribution in [0.5, 0.6) is 11.5 Å². The van der Waals surface area contributed by atoms with Crippen molar-refractivity contribution in [2.24, 2.45) is 0 Å². The first-order valence-corrected chi connectivity index (χ1v) is 10.1. The average Bonchev–Trinajstić information content (AvgIpc) is 3.20. The van der Waals surface area contributed by atoms with Gasteiger partial charge in [0.05, 0.1) is 25.8 Å². The smallest absolute Gasteiger partial charge is 0.233 e. The number of methoxy groups -OCH3 is 2. The minimum absolute atomic E-state index is 0.0356. The van der Waals surface area contributed by atoms with E-state index in [0.29, 0.717) is 10.9 Å². The Morgan fingerprint density at radius 1 is 1.14 bits per heavy atom. The van der Waals surface area contributed by atoms with Gasteiger partial charge >= 0.3 is 0 Å². The van der Waals surface area contributed by atoms with Crippen LogP contribution < -0.4 is 14.8 Å². The fraction of sp³-hybridized carbons (Fsp3) is 0.273. The molecule has 0 bridgehead atoms. The van der Waals surface area contributed by atoms with Gasteiger partial charge in [-0.05, 0) is 30.2 Å². The first-order valence-electron chi connectivity index (χ1n) is 9.20. The minimum Gasteiger partial charge on any atom is -0.497 e. The van der Waals surface area contributed by atoms with Crippen LogP contribution in [0.1, 0.15) is 31.2 Å². The van der Waals surface area contributed by atoms with Crippen LogP contribution in [0, 0.1) is 0 Å². The number of ether oxygens (including phenoxy) is 2. The summed E-state index contributed by atoms with van der Waals surface area (Å²) in [6, 6.07) is 15.4. The van der Waals surface area contributed by atoms with Crippen molar-refractivity contribution in [3.05, 3.63) is 59.5 Å². The summed E-state index contributed by atoms with van der Waals surface area (Å²) in [4.78, 5) is 17.5. The molecule has 1 N–H and O–H groups in total. The van der Waals surface area contributed by atoms with E-state index in [-0.39, 0.29) is 11.8 Å². The summed E-state index contributed by atoms with van der Waals surface area (Å²) in [7, 11) is 3.24. The Labute approximate surface area is 169 Å². The van der Waals surface area contributed by atoms with Crippen LogP contribution in [-0.2, 0) is 4.79 Å². The van der Waals surface area contributed by atoms with Crippen molar-refractivity contribution in [3.63, 3.8) is 0 Å². The molecule has 6 heteroatoms. The highest BCUT2D eigenvalue weighted by molar-refractivity contribution is 7.14. The molecule has 3 aromatic rings. The number of amides is 1. The molecule has 0 saturated carbocycles. The number of thiazole rings is 1. The van der Waals surface area contributed by atoms with Gasteiger partial charge in [-0.3, -0.25) is 4.79 Å². The maximum Gasteiger partial charge on any atom is 0.233 e. The fourth-order valence-corrected chi connectivity index (χ4v) is 3.80. The summed E-state index contributed by atoms with van der Waals surface area (Å²) in [6.45, 7) is 2.08. The highest BCUT2D eigenvalue weighted by Crippen LogP contribution is 2.35. The summed E-state index contributed by atoms with van der Waals surface area (Å²) in [5, 5.41) is 5.46. The SMILES string of the molecule is CCC[C@@H](C(=O)Nc1nc(-c2cc(OC)ccc2OC)cs1)c1ccccc1. The monoisotopic (exact) mass is 396 g/mol. The fourth-order valence-electron chi connectivity index (χ4n) is 3.08. The largest absolute Gasteiger partial charge is 0.497 e. The zero-order valence-electron chi connectivity index (χ0n) is 16.3. The van der Waals surface area contributed by atoms with Gasteiger partial charge in [0.2, 0.25) is 5.91 Å². The number of hydrogen-bond acceptors (Lipinski definition) is 5. The third kappa shape index (κ3) is 4.51. The van der Waals surface area contributed by atoms with E-state index in [2.05, 4.69) is 17.2 Å². The first kappa shape index (κ1) is 19.9. The molecule has 0 unspecified atom stereocenters. The van der Waals surface area contributed by atoms with Crippen molar-refractivity contribution >= 4 is 22.4 Å². The van der Waals surface area contributed by atoms with Gasteiger partial charge in [-0.15, -0.1) is 11.3 Å². The number of aromatic nitrogens is 1. The molecule has 0 aliphatic heterocycles. The van der Waals surface area contributed by atoms with Gasteiger partial charge in [0, 0.05) is 10.9 Å². The van der Waals surface area contributed by atoms with E-state index in [9.17, 15) is 4.79 Å². The summed E-state index contributed by atoms with van der Waals surface area (Å²) in [6.07, 6.45) is 1.72. The zero-order valence-corrected chi connectivity index (χ0v) is 17.1. The van der Waals surface area contributed by atoms with E-state index in [1.54, 1.807) is 14.2 Å². The third-order valence-electron chi connectivity index (χ3n) is 4.51. The van der Waals surface area contributed by atoms with Crippen molar-refractivity contribution in [2.75, 3.05) is 19.5 Å². The van der Waals surface area contributed by atoms with Crippen molar-refractivity contribution in [1.82, 2.24) is 4.98 Å². The number of anilines is 1. The zero-order chi connectivity index (χ0) is 19.9. The number of carbonyl (C=O) groups is 1. The second-order valence-corrected chi connectivity index (χ2v) is 7.20. The third-order valence-corrected chi connectivity index (χ3v) is 5.27. The molecule has 0 saturated heterocycles. The van der Waals surface area contributed by atoms with Crippen LogP contribution in [0.25, 0.3) is 11.3 Å². The second kappa shape index (κ2) is 9.37. The molecule has 1 aromatic heterocycles. The highest BCUT2D eigenvalue weighted by Gasteiger charge is 2.21. The van der Waals surface area contributed by atoms with E-state index in [0.717, 1.165) is 35.4 Å². The van der Waals surface area contributed by atoms with Gasteiger partial charge in [-0.25, -0.2) is 4.98 Å². The van der Waals surface area contributed by atoms with Gasteiger partial charge in [0.25, 0.3) is 0 Å². The lowest BCUT2D eigenvalue weighted by Gasteiger charge is -2.15. The Bertz CT molecular complexity index is 925. The molecule has 1 amide bonds. The molecule has 1 atom stereocenters. The van der Waals surface area contributed by atoms with Crippen LogP contribution in [0.3, 0.4) is 0 Å². The number of rotatable bonds is 8. The van der Waals surface area contributed by atoms with E-state index in [1.807, 2.05) is 53.9 Å². The summed E-state index contributed by atoms with van der Waals surface area (Å²) < 4.78 is 10.7. The van der Waals surface area contributed by atoms with Crippen molar-refractivity contribution in [1.29, 1.82) is 0 Å². The van der Waals surface area contributed by atoms with E-state index < -0.39 is 0 Å². The first-order chi connectivity index (χ1) is 13.7. The Morgan fingerprint density at radius 3 is 2.61 bits per heavy atom. The predicted octanol–water partition coefficient (Wildman–Crippen LogP) is 5.35. The number of hydrogen-bond donors (Lipinski definition) is 1. The molecule has 0 fully saturated rings. The van der Waals surface area contributed by atoms with Crippen LogP contribution >= 0.6 is 11.3 Å². The standard InChI is InChI=1S/C22H24N2O3S/c1-4-8-17(15-9-6-5-7-10-15)21(25)24-22-23-19(14-28-22)18-13-16(26-2)11-12-20(18)27-3/h5-7,9-14,17H,4,8H2,1-3H3,(H,23,24,25)/t17-/m1/s1. The highest BCUT2D eigenvalue weighted by atomic mass is 32.1. The summed E-state index contributed by atoms with van der Waals surface area (Å²) >= 11 is 1.40. The van der Waals surface area contributed by atoms with Gasteiger partial charge in [-0.1, -0.05) is 43.7 Å². The van der Waals surface area contributed by atoms with Crippen LogP contribution in [0.4, 0.5) is 5.13 Å². The number of nitrogens with one attached hydrogen (secondary N) is 1. The molecule has 3 rings (SSSR count). The van der Waals surface area contributed by atoms with Crippen molar-refractivity contribution < 1.29 is 14.3 Å². The Balaban J connectivity index is 1.81.